The van der Waals surface area contributed by atoms with Gasteiger partial charge >= 0.3 is 0 Å². The zero-order valence-corrected chi connectivity index (χ0v) is 13.8. The molecular weight excluding hydrogens is 338 g/mol. The van der Waals surface area contributed by atoms with Gasteiger partial charge in [-0.3, -0.25) is 4.79 Å². The topological polar surface area (TPSA) is 42.2 Å². The number of thioether (sulfide) groups is 1. The third-order valence-electron chi connectivity index (χ3n) is 2.84. The summed E-state index contributed by atoms with van der Waals surface area (Å²) in [5.74, 6) is 1.16. The number of furan rings is 1. The molecule has 1 aromatic heterocycles. The van der Waals surface area contributed by atoms with Crippen molar-refractivity contribution >= 4 is 33.6 Å². The van der Waals surface area contributed by atoms with Crippen LogP contribution in [0, 0.1) is 6.92 Å². The van der Waals surface area contributed by atoms with Gasteiger partial charge in [0.1, 0.15) is 5.76 Å². The fourth-order valence-corrected chi connectivity index (χ4v) is 3.11. The van der Waals surface area contributed by atoms with Crippen LogP contribution in [0.3, 0.4) is 0 Å². The van der Waals surface area contributed by atoms with Gasteiger partial charge in [-0.1, -0.05) is 15.9 Å². The van der Waals surface area contributed by atoms with Crippen LogP contribution < -0.4 is 5.32 Å². The van der Waals surface area contributed by atoms with Crippen molar-refractivity contribution in [3.05, 3.63) is 52.4 Å². The highest BCUT2D eigenvalue weighted by Gasteiger charge is 2.12. The fourth-order valence-electron chi connectivity index (χ4n) is 1.81. The van der Waals surface area contributed by atoms with Crippen LogP contribution >= 0.6 is 27.7 Å². The van der Waals surface area contributed by atoms with Crippen molar-refractivity contribution in [3.8, 4) is 0 Å². The standard InChI is InChI=1S/C15H16BrNO2S/c1-10-8-12(16)5-6-14(10)20-9-15(18)17-11(2)13-4-3-7-19-13/h3-8,11H,9H2,1-2H3,(H,17,18)/t11-/m1/s1. The zero-order chi connectivity index (χ0) is 14.5. The van der Waals surface area contributed by atoms with Crippen molar-refractivity contribution in [2.75, 3.05) is 5.75 Å². The number of halogens is 1. The monoisotopic (exact) mass is 353 g/mol. The number of rotatable bonds is 5. The van der Waals surface area contributed by atoms with Gasteiger partial charge < -0.3 is 9.73 Å². The van der Waals surface area contributed by atoms with Crippen LogP contribution in [0.5, 0.6) is 0 Å². The smallest absolute Gasteiger partial charge is 0.230 e. The third kappa shape index (κ3) is 4.15. The van der Waals surface area contributed by atoms with E-state index >= 15 is 0 Å². The van der Waals surface area contributed by atoms with E-state index < -0.39 is 0 Å². The molecule has 1 atom stereocenters. The summed E-state index contributed by atoms with van der Waals surface area (Å²) in [6.07, 6.45) is 1.61. The van der Waals surface area contributed by atoms with Crippen LogP contribution in [0.4, 0.5) is 0 Å². The first-order valence-electron chi connectivity index (χ1n) is 6.28. The number of aryl methyl sites for hydroxylation is 1. The van der Waals surface area contributed by atoms with Gasteiger partial charge in [-0.25, -0.2) is 0 Å². The third-order valence-corrected chi connectivity index (χ3v) is 4.51. The lowest BCUT2D eigenvalue weighted by Gasteiger charge is -2.11. The van der Waals surface area contributed by atoms with Crippen molar-refractivity contribution in [2.24, 2.45) is 0 Å². The van der Waals surface area contributed by atoms with Crippen LogP contribution in [-0.4, -0.2) is 11.7 Å². The lowest BCUT2D eigenvalue weighted by atomic mass is 10.2. The predicted octanol–water partition coefficient (Wildman–Crippen LogP) is 4.32. The maximum absolute atomic E-state index is 11.9. The maximum atomic E-state index is 11.9. The first-order valence-corrected chi connectivity index (χ1v) is 8.06. The van der Waals surface area contributed by atoms with E-state index in [9.17, 15) is 4.79 Å². The number of carbonyl (C=O) groups excluding carboxylic acids is 1. The zero-order valence-electron chi connectivity index (χ0n) is 11.4. The second kappa shape index (κ2) is 6.99. The summed E-state index contributed by atoms with van der Waals surface area (Å²) < 4.78 is 6.32. The van der Waals surface area contributed by atoms with E-state index in [1.165, 1.54) is 11.8 Å². The Morgan fingerprint density at radius 1 is 1.45 bits per heavy atom. The van der Waals surface area contributed by atoms with Crippen LogP contribution in [0.25, 0.3) is 0 Å². The Bertz CT molecular complexity index is 584. The Balaban J connectivity index is 1.86. The summed E-state index contributed by atoms with van der Waals surface area (Å²) in [6, 6.07) is 9.62. The average Bonchev–Trinajstić information content (AvgIpc) is 2.91. The summed E-state index contributed by atoms with van der Waals surface area (Å²) >= 11 is 4.97. The lowest BCUT2D eigenvalue weighted by molar-refractivity contribution is -0.119. The van der Waals surface area contributed by atoms with Gasteiger partial charge in [-0.15, -0.1) is 11.8 Å². The molecule has 0 spiro atoms. The molecule has 106 valence electrons. The minimum absolute atomic E-state index is 0.00113. The van der Waals surface area contributed by atoms with E-state index in [0.717, 1.165) is 20.7 Å². The number of benzene rings is 1. The Morgan fingerprint density at radius 3 is 2.90 bits per heavy atom. The van der Waals surface area contributed by atoms with Crippen molar-refractivity contribution in [3.63, 3.8) is 0 Å². The van der Waals surface area contributed by atoms with E-state index in [1.807, 2.05) is 44.2 Å². The van der Waals surface area contributed by atoms with Crippen LogP contribution in [0.1, 0.15) is 24.3 Å². The highest BCUT2D eigenvalue weighted by molar-refractivity contribution is 9.10. The van der Waals surface area contributed by atoms with E-state index in [0.29, 0.717) is 5.75 Å². The number of hydrogen-bond acceptors (Lipinski definition) is 3. The lowest BCUT2D eigenvalue weighted by Crippen LogP contribution is -2.27. The summed E-state index contributed by atoms with van der Waals surface area (Å²) in [7, 11) is 0. The number of carbonyl (C=O) groups is 1. The molecule has 0 aliphatic rings. The summed E-state index contributed by atoms with van der Waals surface area (Å²) in [6.45, 7) is 3.95. The second-order valence-corrected chi connectivity index (χ2v) is 6.44. The van der Waals surface area contributed by atoms with E-state index in [2.05, 4.69) is 21.2 Å². The Labute approximate surface area is 131 Å². The highest BCUT2D eigenvalue weighted by atomic mass is 79.9. The molecule has 0 aliphatic heterocycles. The van der Waals surface area contributed by atoms with Crippen LogP contribution in [-0.2, 0) is 4.79 Å². The molecule has 0 radical (unpaired) electrons. The quantitative estimate of drug-likeness (QED) is 0.813. The Morgan fingerprint density at radius 2 is 2.25 bits per heavy atom. The molecule has 0 saturated heterocycles. The first-order chi connectivity index (χ1) is 9.56. The molecule has 0 unspecified atom stereocenters. The van der Waals surface area contributed by atoms with Crippen molar-refractivity contribution < 1.29 is 9.21 Å². The second-order valence-electron chi connectivity index (χ2n) is 4.50. The summed E-state index contributed by atoms with van der Waals surface area (Å²) in [4.78, 5) is 13.0. The average molecular weight is 354 g/mol. The van der Waals surface area contributed by atoms with Crippen LogP contribution in [0.15, 0.2) is 50.4 Å². The van der Waals surface area contributed by atoms with Gasteiger partial charge in [0.2, 0.25) is 5.91 Å². The van der Waals surface area contributed by atoms with Gasteiger partial charge in [0.25, 0.3) is 0 Å². The van der Waals surface area contributed by atoms with Crippen LogP contribution in [0.2, 0.25) is 0 Å². The molecule has 0 bridgehead atoms. The summed E-state index contributed by atoms with van der Waals surface area (Å²) in [5.41, 5.74) is 1.16. The minimum atomic E-state index is -0.107. The van der Waals surface area contributed by atoms with Gasteiger partial charge in [-0.2, -0.15) is 0 Å². The van der Waals surface area contributed by atoms with Crippen molar-refractivity contribution in [1.29, 1.82) is 0 Å². The Hall–Kier alpha value is -1.20. The molecule has 0 fully saturated rings. The maximum Gasteiger partial charge on any atom is 0.230 e. The minimum Gasteiger partial charge on any atom is -0.467 e. The molecule has 3 nitrogen and oxygen atoms in total. The SMILES string of the molecule is Cc1cc(Br)ccc1SCC(=O)N[C@H](C)c1ccco1. The number of amides is 1. The van der Waals surface area contributed by atoms with Gasteiger partial charge in [0.15, 0.2) is 0 Å². The molecule has 1 amide bonds. The van der Waals surface area contributed by atoms with E-state index in [4.69, 9.17) is 4.42 Å². The molecule has 2 rings (SSSR count). The van der Waals surface area contributed by atoms with Gasteiger partial charge in [0.05, 0.1) is 18.1 Å². The fraction of sp³-hybridized carbons (Fsp3) is 0.267. The highest BCUT2D eigenvalue weighted by Crippen LogP contribution is 2.25. The predicted molar refractivity (Wildman–Crippen MR) is 84.9 cm³/mol. The van der Waals surface area contributed by atoms with E-state index in [-0.39, 0.29) is 11.9 Å². The Kier molecular flexibility index (Phi) is 5.31. The molecule has 1 aromatic carbocycles. The normalized spacial score (nSPS) is 12.2. The number of nitrogens with one attached hydrogen (secondary N) is 1. The van der Waals surface area contributed by atoms with Gasteiger partial charge in [0, 0.05) is 9.37 Å². The van der Waals surface area contributed by atoms with Crippen molar-refractivity contribution in [2.45, 2.75) is 24.8 Å². The molecule has 1 N–H and O–H groups in total. The molecule has 20 heavy (non-hydrogen) atoms. The molecule has 2 aromatic rings. The van der Waals surface area contributed by atoms with E-state index in [1.54, 1.807) is 6.26 Å². The number of hydrogen-bond donors (Lipinski definition) is 1. The molecule has 1 heterocycles. The molecule has 0 aliphatic carbocycles. The largest absolute Gasteiger partial charge is 0.467 e. The van der Waals surface area contributed by atoms with Gasteiger partial charge in [-0.05, 0) is 49.7 Å². The molecular formula is C15H16BrNO2S. The molecule has 5 heteroatoms. The van der Waals surface area contributed by atoms with Crippen molar-refractivity contribution in [1.82, 2.24) is 5.32 Å². The first kappa shape index (κ1) is 15.2. The molecule has 0 saturated carbocycles. The summed E-state index contributed by atoms with van der Waals surface area (Å²) in [5, 5.41) is 2.92.